The highest BCUT2D eigenvalue weighted by atomic mass is 79.9. The summed E-state index contributed by atoms with van der Waals surface area (Å²) in [4.78, 5) is 18.9. The molecule has 0 aliphatic carbocycles. The molecule has 4 nitrogen and oxygen atoms in total. The summed E-state index contributed by atoms with van der Waals surface area (Å²) in [6.45, 7) is 0. The molecule has 0 unspecified atom stereocenters. The van der Waals surface area contributed by atoms with E-state index in [9.17, 15) is 14.4 Å². The first kappa shape index (κ1) is 18.7. The Labute approximate surface area is 172 Å². The van der Waals surface area contributed by atoms with Crippen molar-refractivity contribution in [3.05, 3.63) is 75.7 Å². The number of fused-ring (bicyclic) bond motifs is 2. The summed E-state index contributed by atoms with van der Waals surface area (Å²) in [6, 6.07) is 21.3. The summed E-state index contributed by atoms with van der Waals surface area (Å²) in [5, 5.41) is 3.74. The summed E-state index contributed by atoms with van der Waals surface area (Å²) in [7, 11) is -4.75. The van der Waals surface area contributed by atoms with Crippen molar-refractivity contribution in [1.82, 2.24) is 0 Å². The van der Waals surface area contributed by atoms with Gasteiger partial charge >= 0.3 is 7.82 Å². The minimum absolute atomic E-state index is 0.116. The summed E-state index contributed by atoms with van der Waals surface area (Å²) < 4.78 is 18.1. The molecule has 0 aromatic heterocycles. The van der Waals surface area contributed by atoms with Gasteiger partial charge in [-0.15, -0.1) is 0 Å². The van der Waals surface area contributed by atoms with Crippen LogP contribution in [0.4, 0.5) is 0 Å². The molecule has 0 aliphatic rings. The third-order valence-electron chi connectivity index (χ3n) is 4.26. The van der Waals surface area contributed by atoms with Crippen LogP contribution in [0.15, 0.2) is 75.7 Å². The molecule has 0 bridgehead atoms. The highest BCUT2D eigenvalue weighted by Gasteiger charge is 2.24. The van der Waals surface area contributed by atoms with E-state index in [0.717, 1.165) is 31.6 Å². The van der Waals surface area contributed by atoms with E-state index in [-0.39, 0.29) is 5.75 Å². The van der Waals surface area contributed by atoms with Crippen LogP contribution in [0.1, 0.15) is 0 Å². The zero-order valence-electron chi connectivity index (χ0n) is 13.8. The first-order valence-corrected chi connectivity index (χ1v) is 11.1. The molecule has 2 N–H and O–H groups in total. The predicted molar refractivity (Wildman–Crippen MR) is 115 cm³/mol. The number of hydrogen-bond donors (Lipinski definition) is 2. The Hall–Kier alpha value is -1.69. The van der Waals surface area contributed by atoms with Crippen LogP contribution in [0.25, 0.3) is 32.7 Å². The molecule has 0 saturated heterocycles. The molecule has 0 atom stereocenters. The highest BCUT2D eigenvalue weighted by molar-refractivity contribution is 9.10. The number of phosphoric ester groups is 1. The third kappa shape index (κ3) is 3.68. The van der Waals surface area contributed by atoms with Crippen LogP contribution in [-0.2, 0) is 4.57 Å². The Bertz CT molecular complexity index is 1230. The van der Waals surface area contributed by atoms with E-state index < -0.39 is 7.82 Å². The van der Waals surface area contributed by atoms with Gasteiger partial charge in [0.25, 0.3) is 0 Å². The zero-order chi connectivity index (χ0) is 19.2. The van der Waals surface area contributed by atoms with Gasteiger partial charge in [-0.3, -0.25) is 9.79 Å². The second-order valence-electron chi connectivity index (χ2n) is 6.04. The Balaban J connectivity index is 2.18. The van der Waals surface area contributed by atoms with Gasteiger partial charge in [0, 0.05) is 10.0 Å². The molecular formula is C20H13Br2O4P. The first-order chi connectivity index (χ1) is 12.8. The van der Waals surface area contributed by atoms with Gasteiger partial charge in [-0.25, -0.2) is 4.57 Å². The van der Waals surface area contributed by atoms with Crippen LogP contribution in [0.5, 0.6) is 5.75 Å². The molecule has 0 fully saturated rings. The maximum absolute atomic E-state index is 11.6. The van der Waals surface area contributed by atoms with E-state index in [1.807, 2.05) is 60.7 Å². The van der Waals surface area contributed by atoms with E-state index >= 15 is 0 Å². The second kappa shape index (κ2) is 7.04. The quantitative estimate of drug-likeness (QED) is 0.304. The van der Waals surface area contributed by atoms with Gasteiger partial charge in [0.05, 0.1) is 4.47 Å². The summed E-state index contributed by atoms with van der Waals surface area (Å²) in [5.41, 5.74) is 1.45. The molecule has 27 heavy (non-hydrogen) atoms. The molecular weight excluding hydrogens is 495 g/mol. The van der Waals surface area contributed by atoms with Gasteiger partial charge in [-0.2, -0.15) is 0 Å². The van der Waals surface area contributed by atoms with Gasteiger partial charge in [-0.1, -0.05) is 64.5 Å². The number of halogens is 2. The SMILES string of the molecule is O=P(O)(O)Oc1c(Br)cc2ccccc2c1-c1cc(Br)cc2ccccc12. The van der Waals surface area contributed by atoms with Gasteiger partial charge in [0.15, 0.2) is 5.75 Å². The molecule has 0 spiro atoms. The molecule has 4 rings (SSSR count). The van der Waals surface area contributed by atoms with Crippen molar-refractivity contribution in [2.45, 2.75) is 0 Å². The van der Waals surface area contributed by atoms with Crippen molar-refractivity contribution in [3.63, 3.8) is 0 Å². The van der Waals surface area contributed by atoms with Crippen LogP contribution >= 0.6 is 39.7 Å². The highest BCUT2D eigenvalue weighted by Crippen LogP contribution is 2.50. The van der Waals surface area contributed by atoms with Crippen LogP contribution < -0.4 is 4.52 Å². The monoisotopic (exact) mass is 506 g/mol. The van der Waals surface area contributed by atoms with Gasteiger partial charge < -0.3 is 4.52 Å². The lowest BCUT2D eigenvalue weighted by Gasteiger charge is -2.18. The molecule has 7 heteroatoms. The maximum atomic E-state index is 11.6. The predicted octanol–water partition coefficient (Wildman–Crippen LogP) is 6.66. The number of hydrogen-bond acceptors (Lipinski definition) is 2. The lowest BCUT2D eigenvalue weighted by Crippen LogP contribution is -1.96. The molecule has 0 amide bonds. The van der Waals surface area contributed by atoms with Gasteiger partial charge in [0.2, 0.25) is 0 Å². The first-order valence-electron chi connectivity index (χ1n) is 7.98. The summed E-state index contributed by atoms with van der Waals surface area (Å²) in [6.07, 6.45) is 0. The van der Waals surface area contributed by atoms with E-state index in [2.05, 4.69) is 31.9 Å². The van der Waals surface area contributed by atoms with Crippen molar-refractivity contribution in [1.29, 1.82) is 0 Å². The summed E-state index contributed by atoms with van der Waals surface area (Å²) in [5.74, 6) is 0.116. The Kier molecular flexibility index (Phi) is 4.87. The van der Waals surface area contributed by atoms with Crippen molar-refractivity contribution in [2.24, 2.45) is 0 Å². The fourth-order valence-electron chi connectivity index (χ4n) is 3.25. The van der Waals surface area contributed by atoms with Crippen LogP contribution in [0, 0.1) is 0 Å². The van der Waals surface area contributed by atoms with Crippen molar-refractivity contribution < 1.29 is 18.9 Å². The van der Waals surface area contributed by atoms with E-state index in [0.29, 0.717) is 10.0 Å². The average molecular weight is 508 g/mol. The van der Waals surface area contributed by atoms with E-state index in [4.69, 9.17) is 4.52 Å². The molecule has 4 aromatic rings. The number of phosphoric acid groups is 1. The average Bonchev–Trinajstić information content (AvgIpc) is 2.60. The van der Waals surface area contributed by atoms with Crippen molar-refractivity contribution in [3.8, 4) is 16.9 Å². The normalized spacial score (nSPS) is 11.9. The second-order valence-corrected chi connectivity index (χ2v) is 8.97. The molecule has 0 aliphatic heterocycles. The number of benzene rings is 4. The maximum Gasteiger partial charge on any atom is 0.524 e. The van der Waals surface area contributed by atoms with E-state index in [1.54, 1.807) is 6.07 Å². The lowest BCUT2D eigenvalue weighted by atomic mass is 9.93. The summed E-state index contributed by atoms with van der Waals surface area (Å²) >= 11 is 6.96. The standard InChI is InChI=1S/C20H13Br2O4P/c21-14-9-12-5-1-3-7-15(12)17(11-14)19-16-8-4-2-6-13(16)10-18(22)20(19)26-27(23,24)25/h1-11H,(H2,23,24,25). The molecule has 0 saturated carbocycles. The Morgan fingerprint density at radius 1 is 0.815 bits per heavy atom. The minimum atomic E-state index is -4.75. The number of rotatable bonds is 3. The fourth-order valence-corrected chi connectivity index (χ4v) is 4.80. The third-order valence-corrected chi connectivity index (χ3v) is 5.73. The zero-order valence-corrected chi connectivity index (χ0v) is 17.8. The fraction of sp³-hybridized carbons (Fsp3) is 0. The molecule has 136 valence electrons. The smallest absolute Gasteiger partial charge is 0.402 e. The van der Waals surface area contributed by atoms with Crippen LogP contribution in [0.3, 0.4) is 0 Å². The Morgan fingerprint density at radius 3 is 2.07 bits per heavy atom. The lowest BCUT2D eigenvalue weighted by molar-refractivity contribution is 0.283. The van der Waals surface area contributed by atoms with Crippen LogP contribution in [0.2, 0.25) is 0 Å². The van der Waals surface area contributed by atoms with Gasteiger partial charge in [-0.05, 0) is 61.2 Å². The van der Waals surface area contributed by atoms with Crippen molar-refractivity contribution in [2.75, 3.05) is 0 Å². The van der Waals surface area contributed by atoms with Gasteiger partial charge in [0.1, 0.15) is 0 Å². The van der Waals surface area contributed by atoms with E-state index in [1.165, 1.54) is 0 Å². The Morgan fingerprint density at radius 2 is 1.41 bits per heavy atom. The molecule has 4 aromatic carbocycles. The molecule has 0 radical (unpaired) electrons. The van der Waals surface area contributed by atoms with Crippen LogP contribution in [-0.4, -0.2) is 9.79 Å². The minimum Gasteiger partial charge on any atom is -0.402 e. The van der Waals surface area contributed by atoms with Crippen molar-refractivity contribution >= 4 is 61.2 Å². The largest absolute Gasteiger partial charge is 0.524 e. The molecule has 0 heterocycles. The topological polar surface area (TPSA) is 66.8 Å².